The van der Waals surface area contributed by atoms with E-state index in [0.717, 1.165) is 10.4 Å². The van der Waals surface area contributed by atoms with Crippen LogP contribution in [0.3, 0.4) is 0 Å². The normalized spacial score (nSPS) is 22.9. The van der Waals surface area contributed by atoms with Gasteiger partial charge in [0.2, 0.25) is 10.0 Å². The summed E-state index contributed by atoms with van der Waals surface area (Å²) >= 11 is 0. The molecule has 8 heteroatoms. The number of sulfonamides is 1. The molecule has 0 spiro atoms. The van der Waals surface area contributed by atoms with E-state index in [0.29, 0.717) is 5.69 Å². The molecule has 0 bridgehead atoms. The predicted octanol–water partition coefficient (Wildman–Crippen LogP) is 0.554. The zero-order valence-corrected chi connectivity index (χ0v) is 11.1. The number of hydrogen-bond acceptors (Lipinski definition) is 4. The Kier molecular flexibility index (Phi) is 2.87. The Balaban J connectivity index is 2.00. The fraction of sp³-hybridized carbons (Fsp3) is 0.333. The summed E-state index contributed by atoms with van der Waals surface area (Å²) in [5, 5.41) is 2.35. The van der Waals surface area contributed by atoms with E-state index in [-0.39, 0.29) is 30.0 Å². The standard InChI is InChI=1S/C12H11FN2O4S/c13-7-3-4-15(6-7)20(18,19)8-1-2-10-9(5-8)11(16)12(17)14-10/h1-2,5,7H,3-4,6H2,(H,14,16,17). The van der Waals surface area contributed by atoms with Crippen molar-refractivity contribution in [2.24, 2.45) is 0 Å². The zero-order valence-electron chi connectivity index (χ0n) is 10.3. The van der Waals surface area contributed by atoms with Gasteiger partial charge in [-0.05, 0) is 24.6 Å². The van der Waals surface area contributed by atoms with Gasteiger partial charge in [0.05, 0.1) is 16.1 Å². The Morgan fingerprint density at radius 2 is 2.05 bits per heavy atom. The molecule has 3 rings (SSSR count). The highest BCUT2D eigenvalue weighted by Gasteiger charge is 2.35. The van der Waals surface area contributed by atoms with E-state index in [4.69, 9.17) is 0 Å². The minimum Gasteiger partial charge on any atom is -0.318 e. The molecule has 2 aliphatic heterocycles. The summed E-state index contributed by atoms with van der Waals surface area (Å²) in [6.45, 7) is -0.0593. The molecule has 0 aromatic heterocycles. The van der Waals surface area contributed by atoms with Crippen LogP contribution >= 0.6 is 0 Å². The molecule has 1 saturated heterocycles. The van der Waals surface area contributed by atoms with Gasteiger partial charge in [-0.25, -0.2) is 12.8 Å². The van der Waals surface area contributed by atoms with Gasteiger partial charge in [0, 0.05) is 13.1 Å². The first kappa shape index (κ1) is 13.2. The molecule has 0 aliphatic carbocycles. The molecule has 1 aromatic carbocycles. The van der Waals surface area contributed by atoms with E-state index in [1.165, 1.54) is 12.1 Å². The van der Waals surface area contributed by atoms with E-state index in [1.54, 1.807) is 0 Å². The molecule has 1 fully saturated rings. The minimum absolute atomic E-state index is 0.0343. The van der Waals surface area contributed by atoms with Crippen molar-refractivity contribution in [2.75, 3.05) is 18.4 Å². The molecule has 1 aromatic rings. The first-order valence-electron chi connectivity index (χ1n) is 6.03. The van der Waals surface area contributed by atoms with Gasteiger partial charge in [0.1, 0.15) is 6.17 Å². The van der Waals surface area contributed by atoms with Gasteiger partial charge in [-0.3, -0.25) is 9.59 Å². The molecule has 106 valence electrons. The van der Waals surface area contributed by atoms with Crippen molar-refractivity contribution in [3.63, 3.8) is 0 Å². The molecule has 1 N–H and O–H groups in total. The second-order valence-electron chi connectivity index (χ2n) is 4.74. The number of anilines is 1. The van der Waals surface area contributed by atoms with Crippen LogP contribution in [0, 0.1) is 0 Å². The number of ketones is 1. The van der Waals surface area contributed by atoms with Gasteiger partial charge >= 0.3 is 0 Å². The summed E-state index contributed by atoms with van der Waals surface area (Å²) in [7, 11) is -3.83. The van der Waals surface area contributed by atoms with Gasteiger partial charge in [0.15, 0.2) is 0 Å². The number of carbonyl (C=O) groups excluding carboxylic acids is 2. The molecule has 1 atom stereocenters. The molecular formula is C12H11FN2O4S. The molecule has 20 heavy (non-hydrogen) atoms. The van der Waals surface area contributed by atoms with Crippen LogP contribution in [0.15, 0.2) is 23.1 Å². The fourth-order valence-electron chi connectivity index (χ4n) is 2.34. The number of Topliss-reactive ketones (excluding diaryl/α,β-unsaturated/α-hetero) is 1. The smallest absolute Gasteiger partial charge is 0.296 e. The Labute approximate surface area is 114 Å². The monoisotopic (exact) mass is 298 g/mol. The van der Waals surface area contributed by atoms with Crippen LogP contribution in [0.1, 0.15) is 16.8 Å². The number of carbonyl (C=O) groups is 2. The number of alkyl halides is 1. The number of nitrogens with one attached hydrogen (secondary N) is 1. The third-order valence-corrected chi connectivity index (χ3v) is 5.28. The molecule has 6 nitrogen and oxygen atoms in total. The lowest BCUT2D eigenvalue weighted by molar-refractivity contribution is -0.112. The van der Waals surface area contributed by atoms with Gasteiger partial charge in [0.25, 0.3) is 11.7 Å². The maximum Gasteiger partial charge on any atom is 0.296 e. The summed E-state index contributed by atoms with van der Waals surface area (Å²) < 4.78 is 38.8. The highest BCUT2D eigenvalue weighted by atomic mass is 32.2. The van der Waals surface area contributed by atoms with Crippen LogP contribution in [-0.4, -0.2) is 43.7 Å². The second kappa shape index (κ2) is 4.35. The number of hydrogen-bond donors (Lipinski definition) is 1. The van der Waals surface area contributed by atoms with Crippen LogP contribution in [0.4, 0.5) is 10.1 Å². The van der Waals surface area contributed by atoms with E-state index in [2.05, 4.69) is 5.32 Å². The van der Waals surface area contributed by atoms with Crippen molar-refractivity contribution in [1.29, 1.82) is 0 Å². The molecule has 0 radical (unpaired) electrons. The Hall–Kier alpha value is -1.80. The minimum atomic E-state index is -3.83. The molecule has 1 unspecified atom stereocenters. The van der Waals surface area contributed by atoms with E-state index in [1.807, 2.05) is 0 Å². The first-order valence-corrected chi connectivity index (χ1v) is 7.47. The van der Waals surface area contributed by atoms with Gasteiger partial charge in [-0.2, -0.15) is 4.31 Å². The lowest BCUT2D eigenvalue weighted by Crippen LogP contribution is -2.29. The predicted molar refractivity (Wildman–Crippen MR) is 67.7 cm³/mol. The number of benzene rings is 1. The lowest BCUT2D eigenvalue weighted by Gasteiger charge is -2.15. The van der Waals surface area contributed by atoms with Gasteiger partial charge in [-0.1, -0.05) is 0 Å². The van der Waals surface area contributed by atoms with Crippen molar-refractivity contribution in [3.05, 3.63) is 23.8 Å². The highest BCUT2D eigenvalue weighted by Crippen LogP contribution is 2.28. The topological polar surface area (TPSA) is 83.6 Å². The number of nitrogens with zero attached hydrogens (tertiary/aromatic N) is 1. The van der Waals surface area contributed by atoms with Crippen LogP contribution in [-0.2, 0) is 14.8 Å². The van der Waals surface area contributed by atoms with Crippen LogP contribution in [0.2, 0.25) is 0 Å². The molecule has 1 amide bonds. The quantitative estimate of drug-likeness (QED) is 0.808. The highest BCUT2D eigenvalue weighted by molar-refractivity contribution is 7.89. The van der Waals surface area contributed by atoms with Gasteiger partial charge < -0.3 is 5.32 Å². The van der Waals surface area contributed by atoms with Crippen LogP contribution in [0.25, 0.3) is 0 Å². The average molecular weight is 298 g/mol. The number of rotatable bonds is 2. The first-order chi connectivity index (χ1) is 9.39. The van der Waals surface area contributed by atoms with Crippen LogP contribution in [0.5, 0.6) is 0 Å². The van der Waals surface area contributed by atoms with E-state index < -0.39 is 27.9 Å². The Morgan fingerprint density at radius 3 is 2.70 bits per heavy atom. The fourth-order valence-corrected chi connectivity index (χ4v) is 3.85. The molecular weight excluding hydrogens is 287 g/mol. The maximum absolute atomic E-state index is 13.1. The number of halogens is 1. The number of amides is 1. The summed E-state index contributed by atoms with van der Waals surface area (Å²) in [6.07, 6.45) is -0.993. The Morgan fingerprint density at radius 1 is 1.30 bits per heavy atom. The van der Waals surface area contributed by atoms with Crippen molar-refractivity contribution < 1.29 is 22.4 Å². The third kappa shape index (κ3) is 1.92. The average Bonchev–Trinajstić information content (AvgIpc) is 2.95. The van der Waals surface area contributed by atoms with E-state index >= 15 is 0 Å². The summed E-state index contributed by atoms with van der Waals surface area (Å²) in [4.78, 5) is 22.7. The summed E-state index contributed by atoms with van der Waals surface area (Å²) in [5.41, 5.74) is 0.329. The van der Waals surface area contributed by atoms with Crippen molar-refractivity contribution in [2.45, 2.75) is 17.5 Å². The van der Waals surface area contributed by atoms with Gasteiger partial charge in [-0.15, -0.1) is 0 Å². The summed E-state index contributed by atoms with van der Waals surface area (Å²) in [6, 6.07) is 3.84. The van der Waals surface area contributed by atoms with Crippen molar-refractivity contribution in [1.82, 2.24) is 4.31 Å². The van der Waals surface area contributed by atoms with E-state index in [9.17, 15) is 22.4 Å². The van der Waals surface area contributed by atoms with Crippen molar-refractivity contribution >= 4 is 27.4 Å². The second-order valence-corrected chi connectivity index (χ2v) is 6.68. The van der Waals surface area contributed by atoms with Crippen molar-refractivity contribution in [3.8, 4) is 0 Å². The summed E-state index contributed by atoms with van der Waals surface area (Å²) in [5.74, 6) is -1.54. The Bertz CT molecular complexity index is 716. The SMILES string of the molecule is O=C1Nc2ccc(S(=O)(=O)N3CCC(F)C3)cc2C1=O. The third-order valence-electron chi connectivity index (χ3n) is 3.42. The molecule has 2 heterocycles. The zero-order chi connectivity index (χ0) is 14.5. The number of fused-ring (bicyclic) bond motifs is 1. The largest absolute Gasteiger partial charge is 0.318 e. The molecule has 0 saturated carbocycles. The molecule has 2 aliphatic rings. The lowest BCUT2D eigenvalue weighted by atomic mass is 10.1. The van der Waals surface area contributed by atoms with Crippen LogP contribution < -0.4 is 5.32 Å². The maximum atomic E-state index is 13.1.